The van der Waals surface area contributed by atoms with Crippen molar-refractivity contribution in [1.29, 1.82) is 0 Å². The van der Waals surface area contributed by atoms with Crippen LogP contribution in [0.3, 0.4) is 0 Å². The number of thiophene rings is 1. The molecule has 0 amide bonds. The minimum absolute atomic E-state index is 1.10. The van der Waals surface area contributed by atoms with Crippen molar-refractivity contribution in [3.05, 3.63) is 158 Å². The van der Waals surface area contributed by atoms with Gasteiger partial charge in [0.25, 0.3) is 0 Å². The molecule has 198 valence electrons. The van der Waals surface area contributed by atoms with E-state index in [9.17, 15) is 0 Å². The van der Waals surface area contributed by atoms with E-state index in [1.807, 2.05) is 11.3 Å². The Hall–Kier alpha value is -5.18. The highest BCUT2D eigenvalue weighted by Gasteiger charge is 2.17. The average molecular weight is 554 g/mol. The van der Waals surface area contributed by atoms with E-state index >= 15 is 0 Å². The van der Waals surface area contributed by atoms with Gasteiger partial charge in [-0.2, -0.15) is 0 Å². The standard InChI is InChI=1S/C40H27NS/c1-4-13-27(14-5-1)30-23-24-36(34(25-30)28-15-6-2-7-16-28)41-37-22-12-21-33-38-32-20-11-10-19-31(32)26-35(40(38)42-39(33)37)29-17-8-3-9-18-29/h1-26,41H. The summed E-state index contributed by atoms with van der Waals surface area (Å²) in [4.78, 5) is 0. The molecule has 1 aromatic heterocycles. The van der Waals surface area contributed by atoms with Gasteiger partial charge in [0.2, 0.25) is 0 Å². The molecule has 8 rings (SSSR count). The van der Waals surface area contributed by atoms with Crippen LogP contribution in [-0.4, -0.2) is 0 Å². The first-order chi connectivity index (χ1) is 20.8. The topological polar surface area (TPSA) is 12.0 Å². The van der Waals surface area contributed by atoms with Crippen molar-refractivity contribution in [2.75, 3.05) is 5.32 Å². The molecule has 2 heteroatoms. The maximum absolute atomic E-state index is 3.87. The van der Waals surface area contributed by atoms with Crippen LogP contribution in [0.25, 0.3) is 64.3 Å². The van der Waals surface area contributed by atoms with Gasteiger partial charge in [-0.05, 0) is 57.3 Å². The summed E-state index contributed by atoms with van der Waals surface area (Å²) in [7, 11) is 0. The second kappa shape index (κ2) is 10.3. The van der Waals surface area contributed by atoms with Crippen molar-refractivity contribution >= 4 is 53.7 Å². The molecule has 0 spiro atoms. The Morgan fingerprint density at radius 3 is 1.74 bits per heavy atom. The van der Waals surface area contributed by atoms with Crippen LogP contribution in [0.5, 0.6) is 0 Å². The summed E-state index contributed by atoms with van der Waals surface area (Å²) in [5.41, 5.74) is 9.56. The molecule has 0 aliphatic carbocycles. The van der Waals surface area contributed by atoms with Crippen LogP contribution < -0.4 is 5.32 Å². The number of rotatable bonds is 5. The Labute approximate surface area is 249 Å². The molecule has 0 radical (unpaired) electrons. The molecule has 0 aliphatic rings. The lowest BCUT2D eigenvalue weighted by molar-refractivity contribution is 1.54. The molecule has 0 atom stereocenters. The number of fused-ring (bicyclic) bond motifs is 5. The van der Waals surface area contributed by atoms with Crippen LogP contribution in [0.4, 0.5) is 11.4 Å². The highest BCUT2D eigenvalue weighted by Crippen LogP contribution is 2.47. The van der Waals surface area contributed by atoms with E-state index in [-0.39, 0.29) is 0 Å². The van der Waals surface area contributed by atoms with Gasteiger partial charge in [-0.1, -0.05) is 133 Å². The van der Waals surface area contributed by atoms with Crippen molar-refractivity contribution in [3.8, 4) is 33.4 Å². The highest BCUT2D eigenvalue weighted by molar-refractivity contribution is 7.27. The predicted molar refractivity (Wildman–Crippen MR) is 183 cm³/mol. The van der Waals surface area contributed by atoms with Crippen molar-refractivity contribution in [2.24, 2.45) is 0 Å². The SMILES string of the molecule is c1ccc(-c2ccc(Nc3cccc4c3sc3c(-c5ccccc5)cc5ccccc5c34)c(-c3ccccc3)c2)cc1. The summed E-state index contributed by atoms with van der Waals surface area (Å²) in [6.45, 7) is 0. The van der Waals surface area contributed by atoms with Crippen molar-refractivity contribution in [3.63, 3.8) is 0 Å². The molecule has 0 saturated carbocycles. The molecule has 42 heavy (non-hydrogen) atoms. The van der Waals surface area contributed by atoms with Gasteiger partial charge in [-0.15, -0.1) is 11.3 Å². The fraction of sp³-hybridized carbons (Fsp3) is 0. The fourth-order valence-corrected chi connectivity index (χ4v) is 7.37. The van der Waals surface area contributed by atoms with Crippen LogP contribution in [0.1, 0.15) is 0 Å². The van der Waals surface area contributed by atoms with Gasteiger partial charge in [-0.3, -0.25) is 0 Å². The minimum Gasteiger partial charge on any atom is -0.354 e. The van der Waals surface area contributed by atoms with E-state index in [0.717, 1.165) is 11.4 Å². The Kier molecular flexibility index (Phi) is 6.05. The summed E-state index contributed by atoms with van der Waals surface area (Å²) in [5, 5.41) is 9.06. The lowest BCUT2D eigenvalue weighted by Gasteiger charge is -2.15. The molecule has 0 aliphatic heterocycles. The fourth-order valence-electron chi connectivity index (χ4n) is 6.04. The summed E-state index contributed by atoms with van der Waals surface area (Å²) >= 11 is 1.88. The second-order valence-corrected chi connectivity index (χ2v) is 11.6. The monoisotopic (exact) mass is 553 g/mol. The second-order valence-electron chi connectivity index (χ2n) is 10.6. The molecule has 7 aromatic carbocycles. The minimum atomic E-state index is 1.10. The zero-order valence-electron chi connectivity index (χ0n) is 22.9. The Bertz CT molecular complexity index is 2200. The Balaban J connectivity index is 1.34. The van der Waals surface area contributed by atoms with Crippen LogP contribution >= 0.6 is 11.3 Å². The summed E-state index contributed by atoms with van der Waals surface area (Å²) in [6, 6.07) is 56.6. The number of nitrogens with one attached hydrogen (secondary N) is 1. The van der Waals surface area contributed by atoms with Crippen molar-refractivity contribution in [2.45, 2.75) is 0 Å². The maximum Gasteiger partial charge on any atom is 0.0590 e. The van der Waals surface area contributed by atoms with Crippen molar-refractivity contribution in [1.82, 2.24) is 0 Å². The Morgan fingerprint density at radius 1 is 0.381 bits per heavy atom. The first kappa shape index (κ1) is 24.6. The normalized spacial score (nSPS) is 11.3. The lowest BCUT2D eigenvalue weighted by atomic mass is 9.96. The third-order valence-electron chi connectivity index (χ3n) is 8.06. The summed E-state index contributed by atoms with van der Waals surface area (Å²) in [5.74, 6) is 0. The van der Waals surface area contributed by atoms with E-state index in [2.05, 4.69) is 163 Å². The lowest BCUT2D eigenvalue weighted by Crippen LogP contribution is -1.94. The molecule has 1 heterocycles. The van der Waals surface area contributed by atoms with Crippen LogP contribution in [0.15, 0.2) is 158 Å². The van der Waals surface area contributed by atoms with Crippen LogP contribution in [0, 0.1) is 0 Å². The van der Waals surface area contributed by atoms with Gasteiger partial charge >= 0.3 is 0 Å². The smallest absolute Gasteiger partial charge is 0.0590 e. The predicted octanol–water partition coefficient (Wildman–Crippen LogP) is 12.0. The molecule has 0 bridgehead atoms. The van der Waals surface area contributed by atoms with Gasteiger partial charge in [0.05, 0.1) is 10.4 Å². The zero-order valence-corrected chi connectivity index (χ0v) is 23.7. The molecule has 0 fully saturated rings. The van der Waals surface area contributed by atoms with Crippen LogP contribution in [-0.2, 0) is 0 Å². The molecule has 0 unspecified atom stereocenters. The summed E-state index contributed by atoms with van der Waals surface area (Å²) in [6.07, 6.45) is 0. The molecule has 1 nitrogen and oxygen atoms in total. The van der Waals surface area contributed by atoms with Gasteiger partial charge in [0.15, 0.2) is 0 Å². The molecular formula is C40H27NS. The number of hydrogen-bond acceptors (Lipinski definition) is 2. The molecule has 0 saturated heterocycles. The van der Waals surface area contributed by atoms with Gasteiger partial charge in [0, 0.05) is 32.3 Å². The molecular weight excluding hydrogens is 527 g/mol. The van der Waals surface area contributed by atoms with E-state index < -0.39 is 0 Å². The molecule has 1 N–H and O–H groups in total. The van der Waals surface area contributed by atoms with E-state index in [0.29, 0.717) is 0 Å². The third-order valence-corrected chi connectivity index (χ3v) is 9.33. The summed E-state index contributed by atoms with van der Waals surface area (Å²) < 4.78 is 2.60. The number of benzene rings is 7. The van der Waals surface area contributed by atoms with Gasteiger partial charge in [0.1, 0.15) is 0 Å². The third kappa shape index (κ3) is 4.25. The van der Waals surface area contributed by atoms with Crippen LogP contribution in [0.2, 0.25) is 0 Å². The number of hydrogen-bond donors (Lipinski definition) is 1. The largest absolute Gasteiger partial charge is 0.354 e. The van der Waals surface area contributed by atoms with Gasteiger partial charge in [-0.25, -0.2) is 0 Å². The quantitative estimate of drug-likeness (QED) is 0.223. The van der Waals surface area contributed by atoms with E-state index in [1.165, 1.54) is 64.3 Å². The van der Waals surface area contributed by atoms with E-state index in [4.69, 9.17) is 0 Å². The first-order valence-corrected chi connectivity index (χ1v) is 15.1. The molecule has 8 aromatic rings. The van der Waals surface area contributed by atoms with Crippen molar-refractivity contribution < 1.29 is 0 Å². The first-order valence-electron chi connectivity index (χ1n) is 14.3. The van der Waals surface area contributed by atoms with E-state index in [1.54, 1.807) is 0 Å². The maximum atomic E-state index is 3.87. The Morgan fingerprint density at radius 2 is 1.00 bits per heavy atom. The number of anilines is 2. The van der Waals surface area contributed by atoms with Gasteiger partial charge < -0.3 is 5.32 Å². The average Bonchev–Trinajstić information content (AvgIpc) is 3.47. The highest BCUT2D eigenvalue weighted by atomic mass is 32.1. The zero-order chi connectivity index (χ0) is 27.9.